The first-order valence-corrected chi connectivity index (χ1v) is 13.3. The van der Waals surface area contributed by atoms with E-state index in [1.165, 1.54) is 6.07 Å². The molecule has 4 rings (SSSR count). The molecule has 0 saturated carbocycles. The van der Waals surface area contributed by atoms with Gasteiger partial charge in [0.1, 0.15) is 5.82 Å². The van der Waals surface area contributed by atoms with Gasteiger partial charge in [0.25, 0.3) is 0 Å². The summed E-state index contributed by atoms with van der Waals surface area (Å²) in [4.78, 5) is 1.84. The van der Waals surface area contributed by atoms with Crippen molar-refractivity contribution in [1.82, 2.24) is 9.62 Å². The van der Waals surface area contributed by atoms with Gasteiger partial charge in [-0.3, -0.25) is 0 Å². The van der Waals surface area contributed by atoms with E-state index in [0.717, 1.165) is 24.0 Å². The molecule has 0 aromatic heterocycles. The zero-order valence-electron chi connectivity index (χ0n) is 18.2. The summed E-state index contributed by atoms with van der Waals surface area (Å²) in [6, 6.07) is 13.3. The van der Waals surface area contributed by atoms with Crippen molar-refractivity contribution in [1.29, 1.82) is 0 Å². The Balaban J connectivity index is 1.56. The average molecular weight is 526 g/mol. The summed E-state index contributed by atoms with van der Waals surface area (Å²) >= 11 is 3.40. The van der Waals surface area contributed by atoms with Gasteiger partial charge in [0.2, 0.25) is 10.0 Å². The highest BCUT2D eigenvalue weighted by molar-refractivity contribution is 9.10. The lowest BCUT2D eigenvalue weighted by molar-refractivity contribution is -0.0901. The molecular weight excluding hydrogens is 497 g/mol. The molecule has 2 N–H and O–H groups in total. The molecule has 2 aliphatic rings. The lowest BCUT2D eigenvalue weighted by Gasteiger charge is -2.45. The minimum Gasteiger partial charge on any atom is -0.375 e. The van der Waals surface area contributed by atoms with Crippen LogP contribution in [0.25, 0.3) is 0 Å². The second-order valence-corrected chi connectivity index (χ2v) is 11.6. The number of benzene rings is 2. The first kappa shape index (κ1) is 23.6. The third-order valence-electron chi connectivity index (χ3n) is 6.17. The van der Waals surface area contributed by atoms with Gasteiger partial charge in [-0.1, -0.05) is 46.3 Å². The Labute approximate surface area is 197 Å². The molecule has 0 spiro atoms. The van der Waals surface area contributed by atoms with Gasteiger partial charge in [-0.2, -0.15) is 0 Å². The van der Waals surface area contributed by atoms with Crippen LogP contribution >= 0.6 is 15.9 Å². The van der Waals surface area contributed by atoms with E-state index in [-0.39, 0.29) is 42.3 Å². The largest absolute Gasteiger partial charge is 0.375 e. The molecule has 1 fully saturated rings. The zero-order chi connectivity index (χ0) is 22.9. The molecule has 0 unspecified atom stereocenters. The molecule has 2 aliphatic heterocycles. The molecule has 2 heterocycles. The summed E-state index contributed by atoms with van der Waals surface area (Å²) in [7, 11) is 0.300. The van der Waals surface area contributed by atoms with E-state index >= 15 is 0 Å². The van der Waals surface area contributed by atoms with Gasteiger partial charge in [-0.05, 0) is 44.6 Å². The van der Waals surface area contributed by atoms with Crippen molar-refractivity contribution in [3.63, 3.8) is 0 Å². The standard InChI is InChI=1S/C23H29BrFN3O3S/c1-28(2)10-11-32(29,30)26-14-17-8-9-18-21(15-6-4-3-5-7-15)27-22-19(23(18)31-17)12-16(24)13-20(22)25/h3-7,12-13,17-18,21,23,26-27H,8-11,14H2,1-2H3/t17-,18+,21+,23+/m1/s1. The van der Waals surface area contributed by atoms with Crippen LogP contribution in [-0.2, 0) is 14.8 Å². The predicted molar refractivity (Wildman–Crippen MR) is 128 cm³/mol. The van der Waals surface area contributed by atoms with Crippen LogP contribution in [-0.4, -0.2) is 52.4 Å². The van der Waals surface area contributed by atoms with Crippen LogP contribution in [0.3, 0.4) is 0 Å². The van der Waals surface area contributed by atoms with E-state index in [9.17, 15) is 12.8 Å². The zero-order valence-corrected chi connectivity index (χ0v) is 20.6. The van der Waals surface area contributed by atoms with E-state index in [0.29, 0.717) is 16.7 Å². The third-order valence-corrected chi connectivity index (χ3v) is 7.95. The minimum absolute atomic E-state index is 0.0414. The van der Waals surface area contributed by atoms with Gasteiger partial charge in [-0.25, -0.2) is 17.5 Å². The van der Waals surface area contributed by atoms with Gasteiger partial charge in [0.15, 0.2) is 0 Å². The Bertz CT molecular complexity index is 1050. The molecular formula is C23H29BrFN3O3S. The Morgan fingerprint density at radius 2 is 1.97 bits per heavy atom. The topological polar surface area (TPSA) is 70.7 Å². The molecule has 0 radical (unpaired) electrons. The van der Waals surface area contributed by atoms with Crippen molar-refractivity contribution in [2.45, 2.75) is 31.1 Å². The second-order valence-electron chi connectivity index (χ2n) is 8.78. The first-order chi connectivity index (χ1) is 15.2. The second kappa shape index (κ2) is 9.77. The quantitative estimate of drug-likeness (QED) is 0.570. The number of rotatable bonds is 7. The molecule has 2 aromatic rings. The number of anilines is 1. The fraction of sp³-hybridized carbons (Fsp3) is 0.478. The number of halogens is 2. The highest BCUT2D eigenvalue weighted by Crippen LogP contribution is 2.51. The molecule has 2 aromatic carbocycles. The summed E-state index contributed by atoms with van der Waals surface area (Å²) in [5, 5.41) is 3.41. The number of nitrogens with one attached hydrogen (secondary N) is 2. The van der Waals surface area contributed by atoms with Crippen molar-refractivity contribution in [3.05, 3.63) is 63.9 Å². The smallest absolute Gasteiger partial charge is 0.212 e. The molecule has 9 heteroatoms. The minimum atomic E-state index is -3.38. The molecule has 0 aliphatic carbocycles. The molecule has 6 nitrogen and oxygen atoms in total. The summed E-state index contributed by atoms with van der Waals surface area (Å²) in [6.45, 7) is 0.672. The third kappa shape index (κ3) is 5.34. The Morgan fingerprint density at radius 3 is 2.69 bits per heavy atom. The van der Waals surface area contributed by atoms with E-state index in [2.05, 4.69) is 26.0 Å². The van der Waals surface area contributed by atoms with Gasteiger partial charge in [0.05, 0.1) is 29.7 Å². The first-order valence-electron chi connectivity index (χ1n) is 10.8. The fourth-order valence-corrected chi connectivity index (χ4v) is 6.16. The Morgan fingerprint density at radius 1 is 1.22 bits per heavy atom. The molecule has 1 saturated heterocycles. The number of hydrogen-bond donors (Lipinski definition) is 2. The fourth-order valence-electron chi connectivity index (χ4n) is 4.52. The molecule has 174 valence electrons. The van der Waals surface area contributed by atoms with Crippen LogP contribution in [0.15, 0.2) is 46.9 Å². The lowest BCUT2D eigenvalue weighted by Crippen LogP contribution is -2.44. The van der Waals surface area contributed by atoms with Crippen LogP contribution in [0.1, 0.15) is 36.1 Å². The van der Waals surface area contributed by atoms with E-state index in [1.807, 2.05) is 55.4 Å². The predicted octanol–water partition coefficient (Wildman–Crippen LogP) is 4.07. The Kier molecular flexibility index (Phi) is 7.21. The van der Waals surface area contributed by atoms with Gasteiger partial charge >= 0.3 is 0 Å². The normalized spacial score (nSPS) is 25.2. The van der Waals surface area contributed by atoms with Crippen molar-refractivity contribution < 1.29 is 17.5 Å². The van der Waals surface area contributed by atoms with Crippen molar-refractivity contribution in [3.8, 4) is 0 Å². The SMILES string of the molecule is CN(C)CCS(=O)(=O)NC[C@H]1CC[C@@H]2[C@H](O1)c1cc(Br)cc(F)c1N[C@H]2c1ccccc1. The van der Waals surface area contributed by atoms with Crippen LogP contribution in [0.2, 0.25) is 0 Å². The maximum absolute atomic E-state index is 14.9. The highest BCUT2D eigenvalue weighted by Gasteiger charge is 2.43. The van der Waals surface area contributed by atoms with Gasteiger partial charge < -0.3 is 15.0 Å². The van der Waals surface area contributed by atoms with Crippen LogP contribution in [0, 0.1) is 11.7 Å². The summed E-state index contributed by atoms with van der Waals surface area (Å²) < 4.78 is 49.3. The van der Waals surface area contributed by atoms with Crippen LogP contribution in [0.4, 0.5) is 10.1 Å². The number of nitrogens with zero attached hydrogens (tertiary/aromatic N) is 1. The van der Waals surface area contributed by atoms with Crippen molar-refractivity contribution in [2.24, 2.45) is 5.92 Å². The Hall–Kier alpha value is -1.52. The number of hydrogen-bond acceptors (Lipinski definition) is 5. The summed E-state index contributed by atoms with van der Waals surface area (Å²) in [5.41, 5.74) is 2.31. The van der Waals surface area contributed by atoms with Crippen molar-refractivity contribution in [2.75, 3.05) is 38.3 Å². The number of fused-ring (bicyclic) bond motifs is 3. The molecule has 0 amide bonds. The van der Waals surface area contributed by atoms with Gasteiger partial charge in [-0.15, -0.1) is 0 Å². The highest BCUT2D eigenvalue weighted by atomic mass is 79.9. The maximum Gasteiger partial charge on any atom is 0.212 e. The van der Waals surface area contributed by atoms with Crippen LogP contribution in [0.5, 0.6) is 0 Å². The molecule has 32 heavy (non-hydrogen) atoms. The lowest BCUT2D eigenvalue weighted by atomic mass is 9.76. The van der Waals surface area contributed by atoms with Gasteiger partial charge in [0, 0.05) is 29.0 Å². The number of sulfonamides is 1. The molecule has 0 bridgehead atoms. The average Bonchev–Trinajstić information content (AvgIpc) is 2.76. The number of ether oxygens (including phenoxy) is 1. The monoisotopic (exact) mass is 525 g/mol. The van der Waals surface area contributed by atoms with E-state index < -0.39 is 10.0 Å². The van der Waals surface area contributed by atoms with E-state index in [4.69, 9.17) is 4.74 Å². The summed E-state index contributed by atoms with van der Waals surface area (Å²) in [5.74, 6) is -0.177. The van der Waals surface area contributed by atoms with Crippen LogP contribution < -0.4 is 10.0 Å². The summed E-state index contributed by atoms with van der Waals surface area (Å²) in [6.07, 6.45) is 0.978. The van der Waals surface area contributed by atoms with Crippen molar-refractivity contribution >= 4 is 31.6 Å². The van der Waals surface area contributed by atoms with E-state index in [1.54, 1.807) is 0 Å². The maximum atomic E-state index is 14.9. The molecule has 4 atom stereocenters.